The number of halogens is 3. The van der Waals surface area contributed by atoms with Crippen molar-refractivity contribution in [2.45, 2.75) is 10.4 Å². The van der Waals surface area contributed by atoms with Crippen LogP contribution < -0.4 is 8.92 Å². The molecular weight excluding hydrogens is 281 g/mol. The average molecular weight is 286 g/mol. The maximum Gasteiger partial charge on any atom is 0.534 e. The highest BCUT2D eigenvalue weighted by molar-refractivity contribution is 7.99. The van der Waals surface area contributed by atoms with Crippen molar-refractivity contribution in [3.63, 3.8) is 0 Å². The first-order valence-electron chi connectivity index (χ1n) is 4.20. The summed E-state index contributed by atoms with van der Waals surface area (Å²) in [6.45, 7) is 0. The Morgan fingerprint density at radius 1 is 1.35 bits per heavy atom. The SMILES string of the molecule is O=S(=O)(Oc1ccc2c(c1)SCO2)C(F)(F)F. The van der Waals surface area contributed by atoms with Crippen molar-refractivity contribution in [3.8, 4) is 11.5 Å². The molecule has 1 heterocycles. The molecule has 0 bridgehead atoms. The van der Waals surface area contributed by atoms with Crippen LogP contribution in [0.1, 0.15) is 0 Å². The minimum absolute atomic E-state index is 0.338. The first-order chi connectivity index (χ1) is 7.79. The van der Waals surface area contributed by atoms with Gasteiger partial charge in [0.25, 0.3) is 0 Å². The molecule has 9 heteroatoms. The summed E-state index contributed by atoms with van der Waals surface area (Å²) >= 11 is 1.24. The molecule has 0 N–H and O–H groups in total. The molecule has 0 radical (unpaired) electrons. The van der Waals surface area contributed by atoms with E-state index in [1.807, 2.05) is 0 Å². The lowest BCUT2D eigenvalue weighted by Gasteiger charge is -2.09. The molecule has 0 amide bonds. The number of fused-ring (bicyclic) bond motifs is 1. The molecule has 0 saturated carbocycles. The van der Waals surface area contributed by atoms with Gasteiger partial charge in [0.2, 0.25) is 0 Å². The van der Waals surface area contributed by atoms with Gasteiger partial charge in [0.1, 0.15) is 17.4 Å². The molecule has 17 heavy (non-hydrogen) atoms. The molecule has 1 aliphatic rings. The van der Waals surface area contributed by atoms with E-state index in [0.29, 0.717) is 16.6 Å². The van der Waals surface area contributed by atoms with Crippen molar-refractivity contribution in [3.05, 3.63) is 18.2 Å². The third-order valence-electron chi connectivity index (χ3n) is 1.83. The Labute approximate surface area is 98.8 Å². The van der Waals surface area contributed by atoms with Gasteiger partial charge in [-0.15, -0.1) is 0 Å². The Kier molecular flexibility index (Phi) is 2.90. The molecule has 94 valence electrons. The zero-order chi connectivity index (χ0) is 12.7. The second-order valence-corrected chi connectivity index (χ2v) is 5.50. The van der Waals surface area contributed by atoms with E-state index in [1.54, 1.807) is 0 Å². The number of hydrogen-bond donors (Lipinski definition) is 0. The predicted octanol–water partition coefficient (Wildman–Crippen LogP) is 2.36. The number of benzene rings is 1. The van der Waals surface area contributed by atoms with Crippen LogP contribution in [0.2, 0.25) is 0 Å². The van der Waals surface area contributed by atoms with Crippen LogP contribution in [-0.2, 0) is 10.1 Å². The van der Waals surface area contributed by atoms with Crippen LogP contribution in [0.15, 0.2) is 23.1 Å². The smallest absolute Gasteiger partial charge is 0.481 e. The van der Waals surface area contributed by atoms with Gasteiger partial charge in [-0.25, -0.2) is 0 Å². The standard InChI is InChI=1S/C8H5F3O4S2/c9-8(10,11)17(12,13)15-5-1-2-6-7(3-5)16-4-14-6/h1-3H,4H2. The quantitative estimate of drug-likeness (QED) is 0.617. The van der Waals surface area contributed by atoms with E-state index < -0.39 is 15.6 Å². The van der Waals surface area contributed by atoms with Gasteiger partial charge in [-0.05, 0) is 18.2 Å². The van der Waals surface area contributed by atoms with E-state index in [4.69, 9.17) is 4.74 Å². The van der Waals surface area contributed by atoms with Gasteiger partial charge in [0.15, 0.2) is 0 Å². The van der Waals surface area contributed by atoms with E-state index in [-0.39, 0.29) is 5.75 Å². The maximum absolute atomic E-state index is 12.1. The number of ether oxygens (including phenoxy) is 1. The van der Waals surface area contributed by atoms with Gasteiger partial charge in [0, 0.05) is 0 Å². The van der Waals surface area contributed by atoms with E-state index in [9.17, 15) is 21.6 Å². The van der Waals surface area contributed by atoms with Gasteiger partial charge < -0.3 is 8.92 Å². The molecular formula is C8H5F3O4S2. The molecule has 1 aromatic rings. The Morgan fingerprint density at radius 3 is 2.71 bits per heavy atom. The minimum Gasteiger partial charge on any atom is -0.481 e. The lowest BCUT2D eigenvalue weighted by atomic mass is 10.3. The molecule has 0 saturated heterocycles. The molecule has 4 nitrogen and oxygen atoms in total. The molecule has 0 spiro atoms. The maximum atomic E-state index is 12.1. The molecule has 0 aliphatic carbocycles. The summed E-state index contributed by atoms with van der Waals surface area (Å²) < 4.78 is 66.7. The third kappa shape index (κ3) is 2.44. The molecule has 0 atom stereocenters. The summed E-state index contributed by atoms with van der Waals surface area (Å²) in [5.41, 5.74) is -5.43. The van der Waals surface area contributed by atoms with Crippen LogP contribution in [0, 0.1) is 0 Å². The summed E-state index contributed by atoms with van der Waals surface area (Å²) in [6, 6.07) is 3.65. The monoisotopic (exact) mass is 286 g/mol. The Balaban J connectivity index is 2.26. The fraction of sp³-hybridized carbons (Fsp3) is 0.250. The zero-order valence-corrected chi connectivity index (χ0v) is 9.66. The Morgan fingerprint density at radius 2 is 2.06 bits per heavy atom. The fourth-order valence-corrected chi connectivity index (χ4v) is 2.34. The highest BCUT2D eigenvalue weighted by Crippen LogP contribution is 2.39. The lowest BCUT2D eigenvalue weighted by Crippen LogP contribution is -2.28. The average Bonchev–Trinajstić information content (AvgIpc) is 2.62. The Bertz CT molecular complexity index is 538. The summed E-state index contributed by atoms with van der Waals surface area (Å²) in [7, 11) is -5.62. The van der Waals surface area contributed by atoms with E-state index in [2.05, 4.69) is 4.18 Å². The van der Waals surface area contributed by atoms with Crippen LogP contribution >= 0.6 is 11.8 Å². The van der Waals surface area contributed by atoms with Crippen LogP contribution in [0.25, 0.3) is 0 Å². The molecule has 0 aromatic heterocycles. The first-order valence-corrected chi connectivity index (χ1v) is 6.59. The van der Waals surface area contributed by atoms with Gasteiger partial charge in [-0.2, -0.15) is 21.6 Å². The second-order valence-electron chi connectivity index (χ2n) is 3.00. The third-order valence-corrected chi connectivity index (χ3v) is 3.68. The van der Waals surface area contributed by atoms with Gasteiger partial charge >= 0.3 is 15.6 Å². The van der Waals surface area contributed by atoms with E-state index in [0.717, 1.165) is 6.07 Å². The largest absolute Gasteiger partial charge is 0.534 e. The highest BCUT2D eigenvalue weighted by atomic mass is 32.2. The Hall–Kier alpha value is -1.09. The normalized spacial score (nSPS) is 15.2. The van der Waals surface area contributed by atoms with Crippen molar-refractivity contribution < 1.29 is 30.5 Å². The van der Waals surface area contributed by atoms with Crippen LogP contribution in [0.3, 0.4) is 0 Å². The molecule has 0 fully saturated rings. The topological polar surface area (TPSA) is 52.6 Å². The highest BCUT2D eigenvalue weighted by Gasteiger charge is 2.48. The van der Waals surface area contributed by atoms with Crippen LogP contribution in [-0.4, -0.2) is 19.9 Å². The number of rotatable bonds is 2. The lowest BCUT2D eigenvalue weighted by molar-refractivity contribution is -0.0500. The minimum atomic E-state index is -5.62. The van der Waals surface area contributed by atoms with Gasteiger partial charge in [0.05, 0.1) is 4.90 Å². The summed E-state index contributed by atoms with van der Waals surface area (Å²) in [5.74, 6) is 0.441. The predicted molar refractivity (Wildman–Crippen MR) is 53.4 cm³/mol. The van der Waals surface area contributed by atoms with Crippen molar-refractivity contribution in [1.29, 1.82) is 0 Å². The zero-order valence-electron chi connectivity index (χ0n) is 8.02. The van der Waals surface area contributed by atoms with Crippen molar-refractivity contribution >= 4 is 21.9 Å². The summed E-state index contributed by atoms with van der Waals surface area (Å²) in [5, 5.41) is 0. The first kappa shape index (κ1) is 12.4. The van der Waals surface area contributed by atoms with E-state index in [1.165, 1.54) is 23.9 Å². The second kappa shape index (κ2) is 3.98. The molecule has 1 aliphatic heterocycles. The fourth-order valence-electron chi connectivity index (χ4n) is 1.10. The van der Waals surface area contributed by atoms with Gasteiger partial charge in [-0.1, -0.05) is 11.8 Å². The van der Waals surface area contributed by atoms with Crippen molar-refractivity contribution in [2.24, 2.45) is 0 Å². The number of thioether (sulfide) groups is 1. The number of hydrogen-bond acceptors (Lipinski definition) is 5. The van der Waals surface area contributed by atoms with E-state index >= 15 is 0 Å². The molecule has 1 aromatic carbocycles. The van der Waals surface area contributed by atoms with Crippen LogP contribution in [0.5, 0.6) is 11.5 Å². The van der Waals surface area contributed by atoms with Crippen LogP contribution in [0.4, 0.5) is 13.2 Å². The summed E-state index contributed by atoms with van der Waals surface area (Å²) in [6.07, 6.45) is 0. The van der Waals surface area contributed by atoms with Gasteiger partial charge in [-0.3, -0.25) is 0 Å². The van der Waals surface area contributed by atoms with Crippen molar-refractivity contribution in [1.82, 2.24) is 0 Å². The molecule has 0 unspecified atom stereocenters. The van der Waals surface area contributed by atoms with Crippen molar-refractivity contribution in [2.75, 3.05) is 5.94 Å². The molecule has 2 rings (SSSR count). The summed E-state index contributed by atoms with van der Waals surface area (Å²) in [4.78, 5) is 0.542. The number of alkyl halides is 3.